The number of carboxylic acid groups (broad SMARTS) is 1. The Morgan fingerprint density at radius 1 is 1.27 bits per heavy atom. The molecule has 1 fully saturated rings. The Morgan fingerprint density at radius 2 is 2.00 bits per heavy atom. The van der Waals surface area contributed by atoms with Crippen molar-refractivity contribution in [2.24, 2.45) is 5.41 Å². The van der Waals surface area contributed by atoms with Gasteiger partial charge in [0, 0.05) is 24.7 Å². The van der Waals surface area contributed by atoms with Crippen molar-refractivity contribution in [3.8, 4) is 0 Å². The summed E-state index contributed by atoms with van der Waals surface area (Å²) in [5.74, 6) is -1.44. The fourth-order valence-corrected chi connectivity index (χ4v) is 2.87. The van der Waals surface area contributed by atoms with Crippen LogP contribution >= 0.6 is 0 Å². The van der Waals surface area contributed by atoms with Crippen LogP contribution < -0.4 is 4.90 Å². The fraction of sp³-hybridized carbons (Fsp3) is 0.333. The van der Waals surface area contributed by atoms with Gasteiger partial charge in [-0.25, -0.2) is 4.98 Å². The standard InChI is InChI=1S/C15H13F3N2O2/c16-15(17,18)14(13(21)22)6-8-20(9-14)12-11-4-2-1-3-10(11)5-7-19-12/h1-5,7H,6,8-9H2,(H,21,22). The minimum Gasteiger partial charge on any atom is -0.481 e. The number of rotatable bonds is 2. The van der Waals surface area contributed by atoms with Crippen LogP contribution in [-0.4, -0.2) is 35.3 Å². The molecule has 0 saturated carbocycles. The van der Waals surface area contributed by atoms with Crippen molar-refractivity contribution in [1.29, 1.82) is 0 Å². The zero-order valence-corrected chi connectivity index (χ0v) is 11.5. The third-order valence-electron chi connectivity index (χ3n) is 4.17. The molecule has 116 valence electrons. The molecule has 1 aromatic carbocycles. The van der Waals surface area contributed by atoms with Crippen molar-refractivity contribution in [3.63, 3.8) is 0 Å². The fourth-order valence-electron chi connectivity index (χ4n) is 2.87. The van der Waals surface area contributed by atoms with E-state index in [4.69, 9.17) is 5.11 Å². The molecule has 7 heteroatoms. The summed E-state index contributed by atoms with van der Waals surface area (Å²) in [5, 5.41) is 10.7. The van der Waals surface area contributed by atoms with E-state index in [0.717, 1.165) is 5.39 Å². The van der Waals surface area contributed by atoms with Crippen LogP contribution in [0.15, 0.2) is 36.5 Å². The first kappa shape index (κ1) is 14.6. The Balaban J connectivity index is 2.03. The van der Waals surface area contributed by atoms with Gasteiger partial charge in [-0.1, -0.05) is 24.3 Å². The zero-order chi connectivity index (χ0) is 16.0. The van der Waals surface area contributed by atoms with Crippen molar-refractivity contribution in [2.75, 3.05) is 18.0 Å². The number of carbonyl (C=O) groups is 1. The Bertz CT molecular complexity index is 727. The van der Waals surface area contributed by atoms with Gasteiger partial charge in [-0.15, -0.1) is 0 Å². The number of nitrogens with zero attached hydrogens (tertiary/aromatic N) is 2. The first-order valence-corrected chi connectivity index (χ1v) is 6.74. The highest BCUT2D eigenvalue weighted by Gasteiger charge is 2.63. The lowest BCUT2D eigenvalue weighted by Crippen LogP contribution is -2.47. The molecule has 0 amide bonds. The molecule has 2 heterocycles. The average molecular weight is 310 g/mol. The van der Waals surface area contributed by atoms with Crippen molar-refractivity contribution in [3.05, 3.63) is 36.5 Å². The molecule has 1 N–H and O–H groups in total. The largest absolute Gasteiger partial charge is 0.481 e. The smallest absolute Gasteiger partial charge is 0.406 e. The Morgan fingerprint density at radius 3 is 2.64 bits per heavy atom. The molecular formula is C15H13F3N2O2. The lowest BCUT2D eigenvalue weighted by Gasteiger charge is -2.27. The Kier molecular flexibility index (Phi) is 3.23. The summed E-state index contributed by atoms with van der Waals surface area (Å²) >= 11 is 0. The number of anilines is 1. The van der Waals surface area contributed by atoms with Crippen LogP contribution in [0, 0.1) is 5.41 Å². The van der Waals surface area contributed by atoms with Gasteiger partial charge in [0.05, 0.1) is 0 Å². The molecule has 0 spiro atoms. The van der Waals surface area contributed by atoms with Gasteiger partial charge in [-0.2, -0.15) is 13.2 Å². The summed E-state index contributed by atoms with van der Waals surface area (Å²) in [7, 11) is 0. The molecule has 3 rings (SSSR count). The van der Waals surface area contributed by atoms with Gasteiger partial charge < -0.3 is 10.0 Å². The van der Waals surface area contributed by atoms with Crippen molar-refractivity contribution >= 4 is 22.6 Å². The van der Waals surface area contributed by atoms with Crippen molar-refractivity contribution in [1.82, 2.24) is 4.98 Å². The van der Waals surface area contributed by atoms with E-state index in [-0.39, 0.29) is 6.54 Å². The summed E-state index contributed by atoms with van der Waals surface area (Å²) in [6.07, 6.45) is -3.75. The second-order valence-electron chi connectivity index (χ2n) is 5.41. The number of pyridine rings is 1. The number of benzene rings is 1. The number of aliphatic carboxylic acids is 1. The summed E-state index contributed by atoms with van der Waals surface area (Å²) in [6, 6.07) is 8.98. The van der Waals surface area contributed by atoms with E-state index < -0.39 is 30.5 Å². The molecule has 0 bridgehead atoms. The van der Waals surface area contributed by atoms with Crippen molar-refractivity contribution < 1.29 is 23.1 Å². The first-order valence-electron chi connectivity index (χ1n) is 6.74. The van der Waals surface area contributed by atoms with E-state index >= 15 is 0 Å². The monoisotopic (exact) mass is 310 g/mol. The predicted molar refractivity (Wildman–Crippen MR) is 74.7 cm³/mol. The summed E-state index contributed by atoms with van der Waals surface area (Å²) in [6.45, 7) is -0.611. The molecule has 4 nitrogen and oxygen atoms in total. The van der Waals surface area contributed by atoms with E-state index in [2.05, 4.69) is 4.98 Å². The minimum atomic E-state index is -4.79. The lowest BCUT2D eigenvalue weighted by atomic mass is 9.86. The van der Waals surface area contributed by atoms with Crippen LogP contribution in [0.25, 0.3) is 10.8 Å². The Hall–Kier alpha value is -2.31. The van der Waals surface area contributed by atoms with Gasteiger partial charge in [0.15, 0.2) is 5.41 Å². The van der Waals surface area contributed by atoms with E-state index in [9.17, 15) is 18.0 Å². The number of halogens is 3. The third-order valence-corrected chi connectivity index (χ3v) is 4.17. The van der Waals surface area contributed by atoms with Crippen LogP contribution in [0.5, 0.6) is 0 Å². The second kappa shape index (κ2) is 4.86. The van der Waals surface area contributed by atoms with Crippen LogP contribution in [0.4, 0.5) is 19.0 Å². The highest BCUT2D eigenvalue weighted by molar-refractivity contribution is 5.92. The van der Waals surface area contributed by atoms with E-state index in [1.54, 1.807) is 18.2 Å². The average Bonchev–Trinajstić information content (AvgIpc) is 2.93. The SMILES string of the molecule is O=C(O)C1(C(F)(F)F)CCN(c2nccc3ccccc23)C1. The molecule has 0 radical (unpaired) electrons. The number of carboxylic acids is 1. The summed E-state index contributed by atoms with van der Waals surface area (Å²) < 4.78 is 39.7. The number of fused-ring (bicyclic) bond motifs is 1. The topological polar surface area (TPSA) is 53.4 Å². The lowest BCUT2D eigenvalue weighted by molar-refractivity contribution is -0.225. The summed E-state index contributed by atoms with van der Waals surface area (Å²) in [4.78, 5) is 16.8. The molecule has 1 saturated heterocycles. The number of hydrogen-bond acceptors (Lipinski definition) is 3. The predicted octanol–water partition coefficient (Wildman–Crippen LogP) is 3.08. The van der Waals surface area contributed by atoms with E-state index in [1.807, 2.05) is 12.1 Å². The molecule has 0 aliphatic carbocycles. The van der Waals surface area contributed by atoms with Gasteiger partial charge >= 0.3 is 12.1 Å². The highest BCUT2D eigenvalue weighted by Crippen LogP contribution is 2.47. The van der Waals surface area contributed by atoms with Crippen LogP contribution in [-0.2, 0) is 4.79 Å². The van der Waals surface area contributed by atoms with E-state index in [0.29, 0.717) is 11.2 Å². The van der Waals surface area contributed by atoms with Gasteiger partial charge in [0.2, 0.25) is 0 Å². The normalized spacial score (nSPS) is 22.2. The maximum absolute atomic E-state index is 13.2. The summed E-state index contributed by atoms with van der Waals surface area (Å²) in [5.41, 5.74) is -2.73. The quantitative estimate of drug-likeness (QED) is 0.926. The van der Waals surface area contributed by atoms with Gasteiger partial charge in [0.1, 0.15) is 5.82 Å². The molecule has 1 atom stereocenters. The van der Waals surface area contributed by atoms with Crippen LogP contribution in [0.3, 0.4) is 0 Å². The van der Waals surface area contributed by atoms with E-state index in [1.165, 1.54) is 11.1 Å². The van der Waals surface area contributed by atoms with Crippen LogP contribution in [0.2, 0.25) is 0 Å². The molecular weight excluding hydrogens is 297 g/mol. The van der Waals surface area contributed by atoms with Gasteiger partial charge in [-0.05, 0) is 17.9 Å². The number of alkyl halides is 3. The molecule has 22 heavy (non-hydrogen) atoms. The number of aromatic nitrogens is 1. The maximum atomic E-state index is 13.2. The van der Waals surface area contributed by atoms with Gasteiger partial charge in [0.25, 0.3) is 0 Å². The molecule has 1 aromatic heterocycles. The molecule has 2 aromatic rings. The highest BCUT2D eigenvalue weighted by atomic mass is 19.4. The van der Waals surface area contributed by atoms with Crippen LogP contribution in [0.1, 0.15) is 6.42 Å². The third kappa shape index (κ3) is 2.08. The Labute approximate surface area is 124 Å². The number of hydrogen-bond donors (Lipinski definition) is 1. The molecule has 1 aliphatic heterocycles. The zero-order valence-electron chi connectivity index (χ0n) is 11.5. The molecule has 1 unspecified atom stereocenters. The molecule has 1 aliphatic rings. The first-order chi connectivity index (χ1) is 10.3. The minimum absolute atomic E-state index is 0.00676. The van der Waals surface area contributed by atoms with Crippen molar-refractivity contribution in [2.45, 2.75) is 12.6 Å². The maximum Gasteiger partial charge on any atom is 0.406 e. The van der Waals surface area contributed by atoms with Gasteiger partial charge in [-0.3, -0.25) is 4.79 Å². The second-order valence-corrected chi connectivity index (χ2v) is 5.41.